The molecule has 14 heteroatoms. The highest BCUT2D eigenvalue weighted by molar-refractivity contribution is 7.92. The third kappa shape index (κ3) is 8.73. The molecule has 6 aliphatic rings. The minimum atomic E-state index is -3.62. The van der Waals surface area contributed by atoms with Gasteiger partial charge >= 0.3 is 6.03 Å². The monoisotopic (exact) mass is 761 g/mol. The van der Waals surface area contributed by atoms with E-state index in [4.69, 9.17) is 4.74 Å². The van der Waals surface area contributed by atoms with Crippen LogP contribution in [0.4, 0.5) is 4.79 Å². The normalized spacial score (nSPS) is 28.5. The molecule has 6 rings (SSSR count). The van der Waals surface area contributed by atoms with Crippen LogP contribution in [0.5, 0.6) is 0 Å². The summed E-state index contributed by atoms with van der Waals surface area (Å²) in [6.07, 6.45) is 9.31. The standard InChI is InChI=1S/C39H63N5O8S/c1-36(2,3)31(42-35(49)43-39(16-8-7-9-17-39)23-53(50,51)38(6)18-20-52-21-19-38)34(48)44-22-26-28(37(26,4)5)29(44)32(46)41-27(15-12-24-10-11-24)30(45)33(47)40-25-13-14-25/h24-29,31H,7-23H2,1-6H3,(H,40,47)(H,41,46)(H2,42,43,49)/t26-,27-,28-,29-,31+/m0/s1. The molecule has 13 nitrogen and oxygen atoms in total. The van der Waals surface area contributed by atoms with Gasteiger partial charge in [0, 0.05) is 25.8 Å². The molecule has 0 aromatic heterocycles. The Morgan fingerprint density at radius 1 is 0.887 bits per heavy atom. The smallest absolute Gasteiger partial charge is 0.315 e. The fourth-order valence-corrected chi connectivity index (χ4v) is 11.4. The number of hydrogen-bond acceptors (Lipinski definition) is 8. The molecule has 0 aromatic carbocycles. The lowest BCUT2D eigenvalue weighted by Crippen LogP contribution is -2.64. The Hall–Kier alpha value is -2.74. The van der Waals surface area contributed by atoms with Crippen molar-refractivity contribution in [3.8, 4) is 0 Å². The molecule has 6 fully saturated rings. The highest BCUT2D eigenvalue weighted by atomic mass is 32.2. The Balaban J connectivity index is 1.18. The van der Waals surface area contributed by atoms with E-state index >= 15 is 0 Å². The van der Waals surface area contributed by atoms with Gasteiger partial charge in [-0.15, -0.1) is 0 Å². The second-order valence-electron chi connectivity index (χ2n) is 19.1. The Labute approximate surface area is 315 Å². The van der Waals surface area contributed by atoms with Crippen LogP contribution < -0.4 is 21.3 Å². The number of urea groups is 1. The maximum absolute atomic E-state index is 14.6. The molecule has 298 valence electrons. The fraction of sp³-hybridized carbons (Fsp3) is 0.872. The lowest BCUT2D eigenvalue weighted by molar-refractivity contribution is -0.145. The lowest BCUT2D eigenvalue weighted by Gasteiger charge is -2.42. The van der Waals surface area contributed by atoms with E-state index in [2.05, 4.69) is 35.1 Å². The van der Waals surface area contributed by atoms with E-state index in [9.17, 15) is 32.4 Å². The van der Waals surface area contributed by atoms with E-state index in [1.165, 1.54) is 0 Å². The molecule has 53 heavy (non-hydrogen) atoms. The number of ether oxygens (including phenoxy) is 1. The second kappa shape index (κ2) is 14.7. The SMILES string of the molecule is CC(C)(C)[C@H](NC(=O)NC1(CS(=O)(=O)C2(C)CCOCC2)CCCCC1)C(=O)N1C[C@H]2[C@@H]([C@H]1C(=O)N[C@@H](CCC1CC1)C(=O)C(=O)NC1CC1)C2(C)C. The zero-order valence-electron chi connectivity index (χ0n) is 32.7. The molecule has 2 saturated heterocycles. The third-order valence-corrected chi connectivity index (χ3v) is 16.3. The molecule has 2 aliphatic heterocycles. The van der Waals surface area contributed by atoms with Crippen molar-refractivity contribution in [1.82, 2.24) is 26.2 Å². The summed E-state index contributed by atoms with van der Waals surface area (Å²) in [4.78, 5) is 70.6. The summed E-state index contributed by atoms with van der Waals surface area (Å²) >= 11 is 0. The van der Waals surface area contributed by atoms with E-state index < -0.39 is 73.2 Å². The molecule has 5 amide bonds. The summed E-state index contributed by atoms with van der Waals surface area (Å²) in [6.45, 7) is 12.6. The number of likely N-dealkylation sites (tertiary alicyclic amines) is 1. The Morgan fingerprint density at radius 2 is 1.53 bits per heavy atom. The van der Waals surface area contributed by atoms with Crippen LogP contribution in [0.25, 0.3) is 0 Å². The quantitative estimate of drug-likeness (QED) is 0.195. The number of carbonyl (C=O) groups is 5. The van der Waals surface area contributed by atoms with Crippen LogP contribution in [0.15, 0.2) is 0 Å². The maximum Gasteiger partial charge on any atom is 0.315 e. The number of carbonyl (C=O) groups excluding carboxylic acids is 5. The molecule has 4 aliphatic carbocycles. The summed E-state index contributed by atoms with van der Waals surface area (Å²) in [6, 6.07) is -3.47. The predicted octanol–water partition coefficient (Wildman–Crippen LogP) is 3.39. The van der Waals surface area contributed by atoms with Crippen molar-refractivity contribution in [2.75, 3.05) is 25.5 Å². The first-order valence-electron chi connectivity index (χ1n) is 20.1. The van der Waals surface area contributed by atoms with Gasteiger partial charge in [0.1, 0.15) is 12.1 Å². The van der Waals surface area contributed by atoms with Crippen LogP contribution in [0.3, 0.4) is 0 Å². The van der Waals surface area contributed by atoms with Crippen molar-refractivity contribution in [2.45, 2.75) is 159 Å². The first-order valence-corrected chi connectivity index (χ1v) is 21.8. The van der Waals surface area contributed by atoms with Crippen molar-refractivity contribution in [3.63, 3.8) is 0 Å². The van der Waals surface area contributed by atoms with Crippen molar-refractivity contribution < 1.29 is 37.1 Å². The van der Waals surface area contributed by atoms with E-state index in [1.54, 1.807) is 11.8 Å². The minimum absolute atomic E-state index is 0.00824. The number of Topliss-reactive ketones (excluding diaryl/α,β-unsaturated/α-hetero) is 1. The number of nitrogens with one attached hydrogen (secondary N) is 4. The number of rotatable bonds is 14. The number of ketones is 1. The highest BCUT2D eigenvalue weighted by Crippen LogP contribution is 2.65. The number of fused-ring (bicyclic) bond motifs is 1. The van der Waals surface area contributed by atoms with Crippen LogP contribution in [-0.4, -0.2) is 103 Å². The average Bonchev–Trinajstić information content (AvgIpc) is 4.04. The second-order valence-corrected chi connectivity index (χ2v) is 21.6. The van der Waals surface area contributed by atoms with Gasteiger partial charge in [-0.3, -0.25) is 19.2 Å². The summed E-state index contributed by atoms with van der Waals surface area (Å²) in [5, 5.41) is 11.7. The summed E-state index contributed by atoms with van der Waals surface area (Å²) in [5.41, 5.74) is -1.93. The minimum Gasteiger partial charge on any atom is -0.381 e. The van der Waals surface area contributed by atoms with E-state index in [1.807, 2.05) is 20.8 Å². The van der Waals surface area contributed by atoms with E-state index in [0.717, 1.165) is 51.4 Å². The molecular weight excluding hydrogens is 699 g/mol. The molecule has 4 saturated carbocycles. The largest absolute Gasteiger partial charge is 0.381 e. The molecule has 2 heterocycles. The topological polar surface area (TPSA) is 180 Å². The van der Waals surface area contributed by atoms with Crippen LogP contribution in [0, 0.1) is 28.6 Å². The zero-order valence-corrected chi connectivity index (χ0v) is 33.5. The average molecular weight is 762 g/mol. The summed E-state index contributed by atoms with van der Waals surface area (Å²) in [7, 11) is -3.62. The van der Waals surface area contributed by atoms with Crippen molar-refractivity contribution >= 4 is 39.4 Å². The van der Waals surface area contributed by atoms with Crippen LogP contribution in [-0.2, 0) is 33.8 Å². The first kappa shape index (κ1) is 39.9. The summed E-state index contributed by atoms with van der Waals surface area (Å²) < 4.78 is 32.4. The van der Waals surface area contributed by atoms with Gasteiger partial charge in [0.05, 0.1) is 22.1 Å². The van der Waals surface area contributed by atoms with Gasteiger partial charge in [-0.25, -0.2) is 13.2 Å². The number of hydrogen-bond donors (Lipinski definition) is 4. The fourth-order valence-electron chi connectivity index (χ4n) is 9.20. The number of piperidine rings is 1. The summed E-state index contributed by atoms with van der Waals surface area (Å²) in [5.74, 6) is -1.93. The third-order valence-electron chi connectivity index (χ3n) is 13.4. The van der Waals surface area contributed by atoms with E-state index in [-0.39, 0.29) is 29.0 Å². The Bertz CT molecular complexity index is 1550. The molecule has 0 aromatic rings. The highest BCUT2D eigenvalue weighted by Gasteiger charge is 2.70. The van der Waals surface area contributed by atoms with Gasteiger partial charge < -0.3 is 30.9 Å². The van der Waals surface area contributed by atoms with Crippen LogP contribution in [0.2, 0.25) is 0 Å². The van der Waals surface area contributed by atoms with Gasteiger partial charge in [0.2, 0.25) is 17.6 Å². The number of amides is 5. The van der Waals surface area contributed by atoms with Crippen molar-refractivity contribution in [2.24, 2.45) is 28.6 Å². The van der Waals surface area contributed by atoms with Crippen LogP contribution >= 0.6 is 0 Å². The maximum atomic E-state index is 14.6. The van der Waals surface area contributed by atoms with Gasteiger partial charge in [0.25, 0.3) is 5.91 Å². The van der Waals surface area contributed by atoms with Crippen molar-refractivity contribution in [1.29, 1.82) is 0 Å². The molecule has 0 unspecified atom stereocenters. The molecule has 0 spiro atoms. The molecule has 0 bridgehead atoms. The molecule has 0 radical (unpaired) electrons. The lowest BCUT2D eigenvalue weighted by atomic mass is 9.83. The van der Waals surface area contributed by atoms with E-state index in [0.29, 0.717) is 57.8 Å². The Morgan fingerprint density at radius 3 is 2.11 bits per heavy atom. The first-order chi connectivity index (χ1) is 24.8. The predicted molar refractivity (Wildman–Crippen MR) is 199 cm³/mol. The molecule has 5 atom stereocenters. The van der Waals surface area contributed by atoms with Gasteiger partial charge in [0.15, 0.2) is 9.84 Å². The number of nitrogens with zero attached hydrogens (tertiary/aromatic N) is 1. The van der Waals surface area contributed by atoms with Gasteiger partial charge in [-0.05, 0) is 86.9 Å². The number of sulfone groups is 1. The van der Waals surface area contributed by atoms with Crippen LogP contribution in [0.1, 0.15) is 125 Å². The van der Waals surface area contributed by atoms with Gasteiger partial charge in [-0.1, -0.05) is 66.7 Å². The van der Waals surface area contributed by atoms with Gasteiger partial charge in [-0.2, -0.15) is 0 Å². The molecular formula is C39H63N5O8S. The molecule has 4 N–H and O–H groups in total. The Kier molecular flexibility index (Phi) is 11.1. The van der Waals surface area contributed by atoms with Crippen molar-refractivity contribution in [3.05, 3.63) is 0 Å². The zero-order chi connectivity index (χ0) is 38.6.